The lowest BCUT2D eigenvalue weighted by atomic mass is 9.89. The summed E-state index contributed by atoms with van der Waals surface area (Å²) < 4.78 is 0. The predicted molar refractivity (Wildman–Crippen MR) is 123 cm³/mol. The largest absolute Gasteiger partial charge is 0.334 e. The van der Waals surface area contributed by atoms with Gasteiger partial charge in [-0.25, -0.2) is 4.79 Å². The Kier molecular flexibility index (Phi) is 6.99. The van der Waals surface area contributed by atoms with Crippen LogP contribution in [0, 0.1) is 6.92 Å². The molecule has 3 fully saturated rings. The zero-order valence-corrected chi connectivity index (χ0v) is 19.1. The van der Waals surface area contributed by atoms with Crippen LogP contribution in [0.15, 0.2) is 24.3 Å². The van der Waals surface area contributed by atoms with Crippen molar-refractivity contribution in [1.29, 1.82) is 0 Å². The molecule has 3 aliphatic rings. The van der Waals surface area contributed by atoms with Gasteiger partial charge in [0.05, 0.1) is 0 Å². The summed E-state index contributed by atoms with van der Waals surface area (Å²) in [4.78, 5) is 20.3. The van der Waals surface area contributed by atoms with Crippen LogP contribution in [0.5, 0.6) is 0 Å². The molecule has 1 aliphatic carbocycles. The van der Waals surface area contributed by atoms with Crippen LogP contribution in [0.2, 0.25) is 0 Å². The van der Waals surface area contributed by atoms with Crippen LogP contribution in [0.1, 0.15) is 63.0 Å². The second-order valence-electron chi connectivity index (χ2n) is 9.89. The first-order valence-corrected chi connectivity index (χ1v) is 12.1. The van der Waals surface area contributed by atoms with Crippen LogP contribution in [-0.2, 0) is 0 Å². The van der Waals surface area contributed by atoms with Gasteiger partial charge in [-0.2, -0.15) is 0 Å². The summed E-state index contributed by atoms with van der Waals surface area (Å²) in [5.74, 6) is 0.589. The zero-order chi connectivity index (χ0) is 21.1. The Bertz CT molecular complexity index is 688. The van der Waals surface area contributed by atoms with Gasteiger partial charge in [0.1, 0.15) is 0 Å². The highest BCUT2D eigenvalue weighted by Gasteiger charge is 2.36. The molecule has 2 saturated heterocycles. The number of aryl methyl sites for hydroxylation is 1. The van der Waals surface area contributed by atoms with Gasteiger partial charge in [0.2, 0.25) is 0 Å². The van der Waals surface area contributed by atoms with Crippen LogP contribution in [0.3, 0.4) is 0 Å². The van der Waals surface area contributed by atoms with E-state index in [0.717, 1.165) is 58.5 Å². The Morgan fingerprint density at radius 1 is 0.933 bits per heavy atom. The van der Waals surface area contributed by atoms with Crippen molar-refractivity contribution >= 4 is 6.03 Å². The summed E-state index contributed by atoms with van der Waals surface area (Å²) in [6.45, 7) is 13.0. The molecule has 1 N–H and O–H groups in total. The van der Waals surface area contributed by atoms with E-state index in [1.54, 1.807) is 0 Å². The maximum atomic E-state index is 13.0. The molecule has 2 atom stereocenters. The minimum atomic E-state index is 0.162. The number of nitrogens with zero attached hydrogens (tertiary/aromatic N) is 3. The van der Waals surface area contributed by atoms with E-state index < -0.39 is 0 Å². The number of hydrogen-bond donors (Lipinski definition) is 1. The Morgan fingerprint density at radius 2 is 1.60 bits per heavy atom. The molecule has 4 rings (SSSR count). The van der Waals surface area contributed by atoms with Gasteiger partial charge in [0, 0.05) is 57.4 Å². The number of likely N-dealkylation sites (tertiary alicyclic amines) is 1. The Hall–Kier alpha value is -1.59. The highest BCUT2D eigenvalue weighted by atomic mass is 16.2. The molecule has 1 aromatic carbocycles. The number of nitrogens with one attached hydrogen (secondary N) is 1. The van der Waals surface area contributed by atoms with Gasteiger partial charge in [0.15, 0.2) is 0 Å². The van der Waals surface area contributed by atoms with E-state index in [1.807, 2.05) is 0 Å². The third-order valence-corrected chi connectivity index (χ3v) is 7.67. The molecule has 0 radical (unpaired) electrons. The van der Waals surface area contributed by atoms with Crippen molar-refractivity contribution in [1.82, 2.24) is 20.0 Å². The van der Waals surface area contributed by atoms with Gasteiger partial charge < -0.3 is 10.2 Å². The molecular weight excluding hydrogens is 372 g/mol. The lowest BCUT2D eigenvalue weighted by Gasteiger charge is -2.42. The molecule has 5 heteroatoms. The van der Waals surface area contributed by atoms with E-state index >= 15 is 0 Å². The van der Waals surface area contributed by atoms with E-state index in [2.05, 4.69) is 65.1 Å². The second kappa shape index (κ2) is 9.69. The lowest BCUT2D eigenvalue weighted by Crippen LogP contribution is -2.57. The van der Waals surface area contributed by atoms with E-state index in [4.69, 9.17) is 0 Å². The van der Waals surface area contributed by atoms with Gasteiger partial charge in [-0.3, -0.25) is 9.80 Å². The summed E-state index contributed by atoms with van der Waals surface area (Å²) in [6, 6.07) is 10.6. The number of amides is 2. The SMILES string of the molecule is Cc1ccc(C2CCN(C(=O)NC3CCCC3N3CCN(C(C)C)CC3)CC2)cc1. The Morgan fingerprint density at radius 3 is 2.23 bits per heavy atom. The highest BCUT2D eigenvalue weighted by Crippen LogP contribution is 2.29. The van der Waals surface area contributed by atoms with Crippen molar-refractivity contribution < 1.29 is 4.79 Å². The van der Waals surface area contributed by atoms with E-state index in [1.165, 1.54) is 24.0 Å². The number of carbonyl (C=O) groups excluding carboxylic acids is 1. The molecule has 0 bridgehead atoms. The molecule has 1 aromatic rings. The molecule has 2 heterocycles. The van der Waals surface area contributed by atoms with Gasteiger partial charge in [-0.15, -0.1) is 0 Å². The van der Waals surface area contributed by atoms with Crippen LogP contribution < -0.4 is 5.32 Å². The monoisotopic (exact) mass is 412 g/mol. The standard InChI is InChI=1S/C25H40N4O/c1-19(2)27-15-17-28(18-16-27)24-6-4-5-23(24)26-25(30)29-13-11-22(12-14-29)21-9-7-20(3)8-10-21/h7-10,19,22-24H,4-6,11-18H2,1-3H3,(H,26,30). The molecule has 0 spiro atoms. The number of benzene rings is 1. The summed E-state index contributed by atoms with van der Waals surface area (Å²) in [5, 5.41) is 3.42. The first-order chi connectivity index (χ1) is 14.5. The van der Waals surface area contributed by atoms with Crippen LogP contribution in [0.4, 0.5) is 4.79 Å². The number of piperazine rings is 1. The average molecular weight is 413 g/mol. The van der Waals surface area contributed by atoms with Crippen LogP contribution in [0.25, 0.3) is 0 Å². The maximum Gasteiger partial charge on any atom is 0.317 e. The predicted octanol–water partition coefficient (Wildman–Crippen LogP) is 3.83. The third kappa shape index (κ3) is 5.00. The van der Waals surface area contributed by atoms with Crippen molar-refractivity contribution in [2.75, 3.05) is 39.3 Å². The van der Waals surface area contributed by atoms with Crippen molar-refractivity contribution in [3.63, 3.8) is 0 Å². The molecule has 2 aliphatic heterocycles. The fourth-order valence-electron chi connectivity index (χ4n) is 5.64. The number of hydrogen-bond acceptors (Lipinski definition) is 3. The maximum absolute atomic E-state index is 13.0. The van der Waals surface area contributed by atoms with Crippen LogP contribution in [-0.4, -0.2) is 78.1 Å². The summed E-state index contributed by atoms with van der Waals surface area (Å²) >= 11 is 0. The Balaban J connectivity index is 1.26. The topological polar surface area (TPSA) is 38.8 Å². The zero-order valence-electron chi connectivity index (χ0n) is 19.1. The number of urea groups is 1. The summed E-state index contributed by atoms with van der Waals surface area (Å²) in [6.07, 6.45) is 5.72. The fourth-order valence-corrected chi connectivity index (χ4v) is 5.64. The van der Waals surface area contributed by atoms with E-state index in [0.29, 0.717) is 24.0 Å². The lowest BCUT2D eigenvalue weighted by molar-refractivity contribution is 0.0705. The summed E-state index contributed by atoms with van der Waals surface area (Å²) in [7, 11) is 0. The third-order valence-electron chi connectivity index (χ3n) is 7.67. The van der Waals surface area contributed by atoms with Crippen LogP contribution >= 0.6 is 0 Å². The fraction of sp³-hybridized carbons (Fsp3) is 0.720. The van der Waals surface area contributed by atoms with Gasteiger partial charge >= 0.3 is 6.03 Å². The molecule has 1 saturated carbocycles. The molecule has 0 aromatic heterocycles. The molecule has 166 valence electrons. The van der Waals surface area contributed by atoms with Gasteiger partial charge in [-0.1, -0.05) is 29.8 Å². The normalized spacial score (nSPS) is 27.0. The number of piperidine rings is 1. The first kappa shape index (κ1) is 21.6. The minimum absolute atomic E-state index is 0.162. The molecule has 2 unspecified atom stereocenters. The van der Waals surface area contributed by atoms with Gasteiger partial charge in [-0.05, 0) is 64.4 Å². The average Bonchev–Trinajstić information content (AvgIpc) is 3.22. The minimum Gasteiger partial charge on any atom is -0.334 e. The summed E-state index contributed by atoms with van der Waals surface area (Å²) in [5.41, 5.74) is 2.74. The van der Waals surface area contributed by atoms with Crippen molar-refractivity contribution in [3.05, 3.63) is 35.4 Å². The van der Waals surface area contributed by atoms with Crippen molar-refractivity contribution in [3.8, 4) is 0 Å². The molecule has 2 amide bonds. The molecular formula is C25H40N4O. The number of carbonyl (C=O) groups is 1. The quantitative estimate of drug-likeness (QED) is 0.817. The molecule has 5 nitrogen and oxygen atoms in total. The first-order valence-electron chi connectivity index (χ1n) is 12.1. The highest BCUT2D eigenvalue weighted by molar-refractivity contribution is 5.74. The van der Waals surface area contributed by atoms with Gasteiger partial charge in [0.25, 0.3) is 0 Å². The van der Waals surface area contributed by atoms with Crippen molar-refractivity contribution in [2.45, 2.75) is 76.9 Å². The number of rotatable bonds is 4. The van der Waals surface area contributed by atoms with E-state index in [-0.39, 0.29) is 6.03 Å². The van der Waals surface area contributed by atoms with Crippen molar-refractivity contribution in [2.24, 2.45) is 0 Å². The van der Waals surface area contributed by atoms with E-state index in [9.17, 15) is 4.79 Å². The Labute approximate surface area is 182 Å². The smallest absolute Gasteiger partial charge is 0.317 e. The molecule has 30 heavy (non-hydrogen) atoms. The second-order valence-corrected chi connectivity index (χ2v) is 9.89.